The van der Waals surface area contributed by atoms with Crippen LogP contribution in [-0.2, 0) is 0 Å². The van der Waals surface area contributed by atoms with Crippen molar-refractivity contribution in [2.45, 2.75) is 33.1 Å². The number of para-hydroxylation sites is 2. The monoisotopic (exact) mass is 552 g/mol. The van der Waals surface area contributed by atoms with Crippen LogP contribution in [0.4, 0.5) is 10.5 Å². The second-order valence-electron chi connectivity index (χ2n) is 7.47. The number of hydrogen-bond acceptors (Lipinski definition) is 5. The van der Waals surface area contributed by atoms with Gasteiger partial charge in [-0.2, -0.15) is 0 Å². The third-order valence-electron chi connectivity index (χ3n) is 5.29. The molecule has 0 radical (unpaired) electrons. The molecule has 0 fully saturated rings. The van der Waals surface area contributed by atoms with E-state index < -0.39 is 19.8 Å². The van der Waals surface area contributed by atoms with Gasteiger partial charge in [-0.15, -0.1) is 0 Å². The van der Waals surface area contributed by atoms with Crippen LogP contribution in [0.1, 0.15) is 43.5 Å². The third-order valence-corrected chi connectivity index (χ3v) is 11.0. The molecular weight excluding hydrogens is 519 g/mol. The van der Waals surface area contributed by atoms with E-state index in [2.05, 4.69) is 12.2 Å². The van der Waals surface area contributed by atoms with Crippen LogP contribution in [0.5, 0.6) is 11.5 Å². The maximum atomic E-state index is 12.6. The molecular formula is C25H33IN2O4. The van der Waals surface area contributed by atoms with Crippen LogP contribution < -0.4 is 19.7 Å². The minimum absolute atomic E-state index is 0.147. The average molecular weight is 552 g/mol. The van der Waals surface area contributed by atoms with Crippen LogP contribution in [0.25, 0.3) is 0 Å². The molecule has 0 saturated carbocycles. The number of amides is 1. The summed E-state index contributed by atoms with van der Waals surface area (Å²) >= 11 is -1.77. The van der Waals surface area contributed by atoms with E-state index in [0.717, 1.165) is 47.5 Å². The standard InChI is InChI=1S/C25H33IN2O4/c1-4-26-20-14-13-19(18-21(20)28(3)25(26)30)22(29)10-8-9-15-27-16-17-32-24-12-7-6-11-23(24)31-5-2/h6-7,11-14,18,27H,4-5,8-10,15-17H2,1-3H3. The zero-order chi connectivity index (χ0) is 22.9. The number of hydrogen-bond donors (Lipinski definition) is 1. The summed E-state index contributed by atoms with van der Waals surface area (Å²) in [4.78, 5) is 26.8. The van der Waals surface area contributed by atoms with Crippen LogP contribution in [0.3, 0.4) is 0 Å². The summed E-state index contributed by atoms with van der Waals surface area (Å²) in [6.07, 6.45) is 2.28. The van der Waals surface area contributed by atoms with Crippen LogP contribution in [0.2, 0.25) is 0 Å². The van der Waals surface area contributed by atoms with Gasteiger partial charge < -0.3 is 9.47 Å². The Labute approximate surface area is 198 Å². The SMILES string of the molecule is CCOc1ccccc1OCCNCCCCC(=O)c1ccc2c(c1)N(C)C(=O)I2CC. The van der Waals surface area contributed by atoms with Crippen LogP contribution in [-0.4, -0.2) is 47.5 Å². The van der Waals surface area contributed by atoms with Crippen molar-refractivity contribution in [2.24, 2.45) is 0 Å². The van der Waals surface area contributed by atoms with E-state index in [1.807, 2.05) is 56.4 Å². The number of carbonyl (C=O) groups is 2. The molecule has 0 aromatic heterocycles. The van der Waals surface area contributed by atoms with E-state index in [-0.39, 0.29) is 9.70 Å². The molecule has 3 rings (SSSR count). The number of carbonyl (C=O) groups excluding carboxylic acids is 2. The van der Waals surface area contributed by atoms with Crippen molar-refractivity contribution in [1.29, 1.82) is 0 Å². The molecule has 6 nitrogen and oxygen atoms in total. The van der Waals surface area contributed by atoms with Gasteiger partial charge in [0.25, 0.3) is 0 Å². The molecule has 32 heavy (non-hydrogen) atoms. The van der Waals surface area contributed by atoms with E-state index in [4.69, 9.17) is 9.47 Å². The summed E-state index contributed by atoms with van der Waals surface area (Å²) in [6, 6.07) is 13.5. The number of ketones is 1. The fourth-order valence-corrected chi connectivity index (χ4v) is 8.51. The Kier molecular flexibility index (Phi) is 9.35. The Bertz CT molecular complexity index is 934. The first kappa shape index (κ1) is 24.5. The molecule has 0 unspecified atom stereocenters. The van der Waals surface area contributed by atoms with Crippen LogP contribution >= 0.6 is 19.8 Å². The summed E-state index contributed by atoms with van der Waals surface area (Å²) in [5.74, 6) is 1.67. The second-order valence-corrected chi connectivity index (χ2v) is 13.1. The van der Waals surface area contributed by atoms with Gasteiger partial charge in [0.1, 0.15) is 0 Å². The number of rotatable bonds is 13. The van der Waals surface area contributed by atoms with Crippen molar-refractivity contribution in [3.05, 3.63) is 51.6 Å². The van der Waals surface area contributed by atoms with Gasteiger partial charge in [-0.1, -0.05) is 12.1 Å². The number of anilines is 1. The van der Waals surface area contributed by atoms with Crippen LogP contribution in [0, 0.1) is 3.57 Å². The summed E-state index contributed by atoms with van der Waals surface area (Å²) in [5.41, 5.74) is 1.66. The number of nitrogens with one attached hydrogen (secondary N) is 1. The van der Waals surface area contributed by atoms with E-state index in [1.165, 1.54) is 3.57 Å². The first-order chi connectivity index (χ1) is 15.6. The second kappa shape index (κ2) is 12.2. The number of alkyl halides is 1. The Balaban J connectivity index is 1.35. The molecule has 0 spiro atoms. The fraction of sp³-hybridized carbons (Fsp3) is 0.440. The van der Waals surface area contributed by atoms with Gasteiger partial charge in [0.2, 0.25) is 0 Å². The molecule has 2 aromatic rings. The summed E-state index contributed by atoms with van der Waals surface area (Å²) < 4.78 is 13.7. The molecule has 1 N–H and O–H groups in total. The predicted octanol–water partition coefficient (Wildman–Crippen LogP) is 5.37. The number of ether oxygens (including phenoxy) is 2. The van der Waals surface area contributed by atoms with Gasteiger partial charge in [0.05, 0.1) is 6.61 Å². The van der Waals surface area contributed by atoms with Crippen molar-refractivity contribution in [3.8, 4) is 11.5 Å². The summed E-state index contributed by atoms with van der Waals surface area (Å²) in [5, 5.41) is 3.36. The Morgan fingerprint density at radius 2 is 1.78 bits per heavy atom. The van der Waals surface area contributed by atoms with Crippen molar-refractivity contribution >= 4 is 35.2 Å². The number of benzene rings is 2. The van der Waals surface area contributed by atoms with E-state index in [0.29, 0.717) is 25.2 Å². The molecule has 0 atom stereocenters. The number of nitrogens with zero attached hydrogens (tertiary/aromatic N) is 1. The molecule has 1 aliphatic heterocycles. The molecule has 7 heteroatoms. The van der Waals surface area contributed by atoms with Crippen molar-refractivity contribution in [1.82, 2.24) is 5.32 Å². The Morgan fingerprint density at radius 1 is 1.03 bits per heavy atom. The van der Waals surface area contributed by atoms with E-state index in [9.17, 15) is 9.59 Å². The quantitative estimate of drug-likeness (QED) is 0.0904. The zero-order valence-corrected chi connectivity index (χ0v) is 21.3. The first-order valence-electron chi connectivity index (χ1n) is 11.2. The number of halogens is 1. The maximum absolute atomic E-state index is 12.6. The molecule has 0 aliphatic carbocycles. The van der Waals surface area contributed by atoms with Crippen LogP contribution in [0.15, 0.2) is 42.5 Å². The van der Waals surface area contributed by atoms with Crippen molar-refractivity contribution in [2.75, 3.05) is 42.7 Å². The zero-order valence-electron chi connectivity index (χ0n) is 19.2. The molecule has 2 aromatic carbocycles. The van der Waals surface area contributed by atoms with E-state index in [1.54, 1.807) is 4.90 Å². The van der Waals surface area contributed by atoms with Gasteiger partial charge >= 0.3 is 140 Å². The van der Waals surface area contributed by atoms with Gasteiger partial charge in [-0.25, -0.2) is 0 Å². The van der Waals surface area contributed by atoms with Crippen molar-refractivity contribution in [3.63, 3.8) is 0 Å². The Hall–Kier alpha value is -2.13. The molecule has 1 aliphatic rings. The molecule has 174 valence electrons. The summed E-state index contributed by atoms with van der Waals surface area (Å²) in [6.45, 7) is 6.80. The number of fused-ring (bicyclic) bond motifs is 1. The van der Waals surface area contributed by atoms with Crippen molar-refractivity contribution < 1.29 is 19.1 Å². The first-order valence-corrected chi connectivity index (χ1v) is 14.9. The molecule has 1 amide bonds. The van der Waals surface area contributed by atoms with Gasteiger partial charge in [-0.05, 0) is 19.1 Å². The number of Topliss-reactive ketones (excluding diaryl/α,β-unsaturated/α-hetero) is 1. The predicted molar refractivity (Wildman–Crippen MR) is 138 cm³/mol. The van der Waals surface area contributed by atoms with Gasteiger partial charge in [0.15, 0.2) is 11.5 Å². The minimum atomic E-state index is -1.77. The number of unbranched alkanes of at least 4 members (excludes halogenated alkanes) is 1. The molecule has 0 bridgehead atoms. The summed E-state index contributed by atoms with van der Waals surface area (Å²) in [7, 11) is 1.83. The van der Waals surface area contributed by atoms with Gasteiger partial charge in [0, 0.05) is 0 Å². The normalized spacial score (nSPS) is 13.9. The van der Waals surface area contributed by atoms with E-state index >= 15 is 0 Å². The Morgan fingerprint density at radius 3 is 2.50 bits per heavy atom. The topological polar surface area (TPSA) is 67.9 Å². The molecule has 1 heterocycles. The molecule has 0 saturated heterocycles. The fourth-order valence-electron chi connectivity index (χ4n) is 3.61. The van der Waals surface area contributed by atoms with Gasteiger partial charge in [-0.3, -0.25) is 0 Å². The third kappa shape index (κ3) is 6.01. The average Bonchev–Trinajstić information content (AvgIpc) is 3.05.